The Morgan fingerprint density at radius 2 is 1.96 bits per heavy atom. The van der Waals surface area contributed by atoms with E-state index in [9.17, 15) is 14.4 Å². The highest BCUT2D eigenvalue weighted by molar-refractivity contribution is 6.01. The molecule has 0 aromatic carbocycles. The van der Waals surface area contributed by atoms with E-state index in [1.807, 2.05) is 4.90 Å². The normalized spacial score (nSPS) is 18.8. The Labute approximate surface area is 150 Å². The van der Waals surface area contributed by atoms with Crippen LogP contribution in [0, 0.1) is 0 Å². The van der Waals surface area contributed by atoms with E-state index in [0.717, 1.165) is 38.9 Å². The Morgan fingerprint density at radius 1 is 1.29 bits per heavy atom. The highest BCUT2D eigenvalue weighted by Crippen LogP contribution is 2.15. The highest BCUT2D eigenvalue weighted by Gasteiger charge is 2.33. The van der Waals surface area contributed by atoms with Gasteiger partial charge in [0.1, 0.15) is 6.54 Å². The average Bonchev–Trinajstić information content (AvgIpc) is 2.79. The number of likely N-dealkylation sites (N-methyl/N-ethyl adjacent to an activating group) is 1. The van der Waals surface area contributed by atoms with E-state index in [1.165, 1.54) is 9.80 Å². The zero-order chi connectivity index (χ0) is 16.8. The molecule has 0 unspecified atom stereocenters. The number of imide groups is 1. The first-order valence-corrected chi connectivity index (χ1v) is 8.60. The predicted octanol–water partition coefficient (Wildman–Crippen LogP) is 1.07. The molecule has 2 rings (SSSR count). The molecule has 0 atom stereocenters. The van der Waals surface area contributed by atoms with Gasteiger partial charge in [0.2, 0.25) is 11.8 Å². The Bertz CT molecular complexity index is 455. The summed E-state index contributed by atoms with van der Waals surface area (Å²) in [6.07, 6.45) is 3.88. The topological polar surface area (TPSA) is 73.0 Å². The van der Waals surface area contributed by atoms with Crippen LogP contribution in [0.5, 0.6) is 0 Å². The van der Waals surface area contributed by atoms with Gasteiger partial charge in [-0.25, -0.2) is 4.79 Å². The number of piperidine rings is 1. The smallest absolute Gasteiger partial charge is 0.326 e. The molecule has 0 spiro atoms. The van der Waals surface area contributed by atoms with Crippen molar-refractivity contribution in [3.8, 4) is 0 Å². The van der Waals surface area contributed by atoms with Crippen molar-refractivity contribution in [1.82, 2.24) is 20.0 Å². The van der Waals surface area contributed by atoms with Gasteiger partial charge in [-0.15, -0.1) is 12.4 Å². The van der Waals surface area contributed by atoms with E-state index in [4.69, 9.17) is 0 Å². The molecule has 24 heavy (non-hydrogen) atoms. The molecule has 1 N–H and O–H groups in total. The van der Waals surface area contributed by atoms with Crippen molar-refractivity contribution in [2.45, 2.75) is 45.1 Å². The van der Waals surface area contributed by atoms with Crippen molar-refractivity contribution in [2.75, 3.05) is 39.8 Å². The van der Waals surface area contributed by atoms with Crippen LogP contribution >= 0.6 is 12.4 Å². The minimum Gasteiger partial charge on any atom is -0.340 e. The summed E-state index contributed by atoms with van der Waals surface area (Å²) in [6, 6.07) is 0.0658. The fourth-order valence-corrected chi connectivity index (χ4v) is 3.29. The molecule has 2 aliphatic rings. The van der Waals surface area contributed by atoms with E-state index in [1.54, 1.807) is 7.05 Å². The van der Waals surface area contributed by atoms with Crippen LogP contribution in [0.1, 0.15) is 39.0 Å². The molecular formula is C16H29ClN4O3. The van der Waals surface area contributed by atoms with Crippen molar-refractivity contribution >= 4 is 30.3 Å². The van der Waals surface area contributed by atoms with Crippen LogP contribution in [0.25, 0.3) is 0 Å². The van der Waals surface area contributed by atoms with E-state index >= 15 is 0 Å². The molecule has 0 bridgehead atoms. The van der Waals surface area contributed by atoms with Crippen LogP contribution in [0.3, 0.4) is 0 Å². The summed E-state index contributed by atoms with van der Waals surface area (Å²) in [5.74, 6) is -0.0279. The summed E-state index contributed by atoms with van der Waals surface area (Å²) in [7, 11) is 1.62. The van der Waals surface area contributed by atoms with Gasteiger partial charge in [0.15, 0.2) is 0 Å². The molecule has 2 aliphatic heterocycles. The number of rotatable bonds is 7. The van der Waals surface area contributed by atoms with Crippen molar-refractivity contribution in [3.63, 3.8) is 0 Å². The Kier molecular flexibility index (Phi) is 8.48. The number of halogens is 1. The number of urea groups is 1. The minimum absolute atomic E-state index is 0. The van der Waals surface area contributed by atoms with E-state index < -0.39 is 0 Å². The summed E-state index contributed by atoms with van der Waals surface area (Å²) in [4.78, 5) is 40.7. The molecule has 7 nitrogen and oxygen atoms in total. The first-order chi connectivity index (χ1) is 11.0. The average molecular weight is 361 g/mol. The van der Waals surface area contributed by atoms with Crippen LogP contribution in [0.4, 0.5) is 4.79 Å². The van der Waals surface area contributed by atoms with Crippen LogP contribution < -0.4 is 5.32 Å². The molecule has 2 fully saturated rings. The molecule has 0 aromatic heterocycles. The second kappa shape index (κ2) is 9.84. The zero-order valence-corrected chi connectivity index (χ0v) is 15.4. The fraction of sp³-hybridized carbons (Fsp3) is 0.812. The largest absolute Gasteiger partial charge is 0.340 e. The number of carbonyl (C=O) groups excluding carboxylic acids is 3. The maximum absolute atomic E-state index is 12.5. The van der Waals surface area contributed by atoms with Crippen LogP contribution in [-0.4, -0.2) is 78.4 Å². The summed E-state index contributed by atoms with van der Waals surface area (Å²) < 4.78 is 0. The molecule has 0 aliphatic carbocycles. The first kappa shape index (κ1) is 20.7. The SMILES string of the molecule is CCCN(C(=O)CCCN1C(=O)CN(C)C1=O)C1CCNCC1.Cl. The van der Waals surface area contributed by atoms with Crippen LogP contribution in [0.15, 0.2) is 0 Å². The van der Waals surface area contributed by atoms with Gasteiger partial charge in [0, 0.05) is 32.6 Å². The molecule has 2 heterocycles. The van der Waals surface area contributed by atoms with Gasteiger partial charge in [-0.05, 0) is 38.8 Å². The maximum Gasteiger partial charge on any atom is 0.326 e. The molecule has 4 amide bonds. The third-order valence-electron chi connectivity index (χ3n) is 4.54. The number of hydrogen-bond acceptors (Lipinski definition) is 4. The minimum atomic E-state index is -0.258. The van der Waals surface area contributed by atoms with Crippen molar-refractivity contribution in [2.24, 2.45) is 0 Å². The highest BCUT2D eigenvalue weighted by atomic mass is 35.5. The van der Waals surface area contributed by atoms with Crippen molar-refractivity contribution < 1.29 is 14.4 Å². The predicted molar refractivity (Wildman–Crippen MR) is 94.1 cm³/mol. The monoisotopic (exact) mass is 360 g/mol. The molecule has 138 valence electrons. The number of nitrogens with one attached hydrogen (secondary N) is 1. The van der Waals surface area contributed by atoms with Crippen LogP contribution in [-0.2, 0) is 9.59 Å². The lowest BCUT2D eigenvalue weighted by Gasteiger charge is -2.34. The fourth-order valence-electron chi connectivity index (χ4n) is 3.29. The summed E-state index contributed by atoms with van der Waals surface area (Å²) in [6.45, 7) is 5.26. The van der Waals surface area contributed by atoms with Gasteiger partial charge in [-0.3, -0.25) is 14.5 Å². The van der Waals surface area contributed by atoms with Gasteiger partial charge in [0.05, 0.1) is 0 Å². The standard InChI is InChI=1S/C16H28N4O3.ClH/c1-3-10-19(13-6-8-17-9-7-13)14(21)5-4-11-20-15(22)12-18(2)16(20)23;/h13,17H,3-12H2,1-2H3;1H. The van der Waals surface area contributed by atoms with Gasteiger partial charge in [0.25, 0.3) is 0 Å². The lowest BCUT2D eigenvalue weighted by molar-refractivity contribution is -0.134. The third-order valence-corrected chi connectivity index (χ3v) is 4.54. The van der Waals surface area contributed by atoms with Gasteiger partial charge in [-0.2, -0.15) is 0 Å². The lowest BCUT2D eigenvalue weighted by atomic mass is 10.0. The Morgan fingerprint density at radius 3 is 2.50 bits per heavy atom. The van der Waals surface area contributed by atoms with E-state index in [0.29, 0.717) is 25.4 Å². The molecule has 0 aromatic rings. The molecular weight excluding hydrogens is 332 g/mol. The number of hydrogen-bond donors (Lipinski definition) is 1. The second-order valence-electron chi connectivity index (χ2n) is 6.36. The van der Waals surface area contributed by atoms with E-state index in [-0.39, 0.29) is 36.8 Å². The van der Waals surface area contributed by atoms with E-state index in [2.05, 4.69) is 12.2 Å². The Hall–Kier alpha value is -1.34. The Balaban J connectivity index is 0.00000288. The number of carbonyl (C=O) groups is 3. The van der Waals surface area contributed by atoms with Crippen molar-refractivity contribution in [1.29, 1.82) is 0 Å². The van der Waals surface area contributed by atoms with Crippen molar-refractivity contribution in [3.05, 3.63) is 0 Å². The third kappa shape index (κ3) is 5.08. The molecule has 0 saturated carbocycles. The first-order valence-electron chi connectivity index (χ1n) is 8.60. The summed E-state index contributed by atoms with van der Waals surface area (Å²) >= 11 is 0. The van der Waals surface area contributed by atoms with Gasteiger partial charge >= 0.3 is 6.03 Å². The number of amides is 4. The molecule has 8 heteroatoms. The van der Waals surface area contributed by atoms with Gasteiger partial charge in [-0.1, -0.05) is 6.92 Å². The zero-order valence-electron chi connectivity index (χ0n) is 14.6. The molecule has 2 saturated heterocycles. The maximum atomic E-state index is 12.5. The summed E-state index contributed by atoms with van der Waals surface area (Å²) in [5, 5.41) is 3.32. The quantitative estimate of drug-likeness (QED) is 0.689. The second-order valence-corrected chi connectivity index (χ2v) is 6.36. The van der Waals surface area contributed by atoms with Crippen LogP contribution in [0.2, 0.25) is 0 Å². The summed E-state index contributed by atoms with van der Waals surface area (Å²) in [5.41, 5.74) is 0. The molecule has 0 radical (unpaired) electrons. The lowest BCUT2D eigenvalue weighted by Crippen LogP contribution is -2.46. The number of nitrogens with zero attached hydrogens (tertiary/aromatic N) is 3. The van der Waals surface area contributed by atoms with Gasteiger partial charge < -0.3 is 15.1 Å².